The third kappa shape index (κ3) is 2.97. The topological polar surface area (TPSA) is 24.5 Å². The lowest BCUT2D eigenvalue weighted by atomic mass is 10.1. The van der Waals surface area contributed by atoms with E-state index in [9.17, 15) is 0 Å². The summed E-state index contributed by atoms with van der Waals surface area (Å²) in [5, 5.41) is 3.80. The molecule has 1 N–H and O–H groups in total. The lowest BCUT2D eigenvalue weighted by molar-refractivity contribution is 0.218. The average molecular weight is 200 g/mol. The van der Waals surface area contributed by atoms with Gasteiger partial charge >= 0.3 is 0 Å². The molecule has 1 aliphatic heterocycles. The maximum Gasteiger partial charge on any atom is 0.168 e. The van der Waals surface area contributed by atoms with E-state index < -0.39 is 0 Å². The van der Waals surface area contributed by atoms with E-state index in [0.29, 0.717) is 0 Å². The van der Waals surface area contributed by atoms with Gasteiger partial charge in [-0.05, 0) is 24.2 Å². The molecule has 4 heteroatoms. The molecule has 1 aliphatic rings. The first-order valence-electron chi connectivity index (χ1n) is 4.41. The Kier molecular flexibility index (Phi) is 4.18. The molecule has 0 aromatic rings. The van der Waals surface area contributed by atoms with Crippen LogP contribution in [0, 0.1) is 0 Å². The van der Waals surface area contributed by atoms with Crippen molar-refractivity contribution in [3.63, 3.8) is 0 Å². The molecule has 3 nitrogen and oxygen atoms in total. The maximum atomic E-state index is 5.13. The van der Waals surface area contributed by atoms with Gasteiger partial charge in [-0.1, -0.05) is 6.08 Å². The fourth-order valence-electron chi connectivity index (χ4n) is 1.37. The van der Waals surface area contributed by atoms with E-state index >= 15 is 0 Å². The van der Waals surface area contributed by atoms with Gasteiger partial charge in [-0.25, -0.2) is 0 Å². The molecule has 13 heavy (non-hydrogen) atoms. The van der Waals surface area contributed by atoms with Gasteiger partial charge in [0.25, 0.3) is 0 Å². The van der Waals surface area contributed by atoms with Crippen molar-refractivity contribution in [2.75, 3.05) is 33.9 Å². The van der Waals surface area contributed by atoms with Gasteiger partial charge in [0.1, 0.15) is 0 Å². The van der Waals surface area contributed by atoms with E-state index in [1.165, 1.54) is 5.57 Å². The quantitative estimate of drug-likeness (QED) is 0.525. The lowest BCUT2D eigenvalue weighted by Crippen LogP contribution is -2.40. The van der Waals surface area contributed by atoms with E-state index in [2.05, 4.69) is 16.3 Å². The number of ether oxygens (including phenoxy) is 1. The summed E-state index contributed by atoms with van der Waals surface area (Å²) in [6.45, 7) is 2.65. The third-order valence-electron chi connectivity index (χ3n) is 2.13. The summed E-state index contributed by atoms with van der Waals surface area (Å²) >= 11 is 5.13. The molecule has 0 unspecified atom stereocenters. The highest BCUT2D eigenvalue weighted by Gasteiger charge is 2.12. The van der Waals surface area contributed by atoms with Crippen molar-refractivity contribution < 1.29 is 4.74 Å². The second kappa shape index (κ2) is 5.19. The average Bonchev–Trinajstić information content (AvgIpc) is 2.18. The molecule has 0 amide bonds. The Hall–Kier alpha value is -0.610. The van der Waals surface area contributed by atoms with Crippen LogP contribution >= 0.6 is 12.2 Å². The van der Waals surface area contributed by atoms with Gasteiger partial charge in [-0.15, -0.1) is 0 Å². The Morgan fingerprint density at radius 1 is 1.77 bits per heavy atom. The predicted molar refractivity (Wildman–Crippen MR) is 57.8 cm³/mol. The molecule has 0 atom stereocenters. The minimum absolute atomic E-state index is 0.750. The number of nitrogens with zero attached hydrogens (tertiary/aromatic N) is 1. The van der Waals surface area contributed by atoms with Gasteiger partial charge < -0.3 is 15.0 Å². The molecule has 74 valence electrons. The van der Waals surface area contributed by atoms with Crippen LogP contribution in [-0.4, -0.2) is 43.9 Å². The second-order valence-corrected chi connectivity index (χ2v) is 3.43. The van der Waals surface area contributed by atoms with Crippen LogP contribution in [0.15, 0.2) is 11.6 Å². The van der Waals surface area contributed by atoms with E-state index in [-0.39, 0.29) is 0 Å². The first kappa shape index (κ1) is 10.5. The molecule has 1 rings (SSSR count). The minimum Gasteiger partial charge on any atom is -0.380 e. The van der Waals surface area contributed by atoms with Crippen molar-refractivity contribution in [3.05, 3.63) is 11.6 Å². The van der Waals surface area contributed by atoms with E-state index in [1.54, 1.807) is 7.11 Å². The standard InChI is InChI=1S/C9H16N2OS/c1-10-9(13)11-5-3-8(4-6-11)7-12-2/h3H,4-7H2,1-2H3,(H,10,13). The zero-order chi connectivity index (χ0) is 9.68. The largest absolute Gasteiger partial charge is 0.380 e. The fraction of sp³-hybridized carbons (Fsp3) is 0.667. The van der Waals surface area contributed by atoms with Gasteiger partial charge in [0.05, 0.1) is 6.61 Å². The Labute approximate surface area is 84.7 Å². The highest BCUT2D eigenvalue weighted by Crippen LogP contribution is 2.10. The summed E-state index contributed by atoms with van der Waals surface area (Å²) in [5.41, 5.74) is 1.37. The molecule has 0 saturated heterocycles. The molecule has 1 heterocycles. The van der Waals surface area contributed by atoms with Gasteiger partial charge in [-0.2, -0.15) is 0 Å². The number of hydrogen-bond donors (Lipinski definition) is 1. The molecule has 0 aromatic heterocycles. The molecule has 0 fully saturated rings. The Morgan fingerprint density at radius 2 is 2.54 bits per heavy atom. The summed E-state index contributed by atoms with van der Waals surface area (Å²) in [4.78, 5) is 2.15. The van der Waals surface area contributed by atoms with Crippen molar-refractivity contribution in [2.45, 2.75) is 6.42 Å². The SMILES string of the molecule is CNC(=S)N1CC=C(COC)CC1. The lowest BCUT2D eigenvalue weighted by Gasteiger charge is -2.28. The van der Waals surface area contributed by atoms with Crippen LogP contribution in [0.3, 0.4) is 0 Å². The number of hydrogen-bond acceptors (Lipinski definition) is 2. The van der Waals surface area contributed by atoms with E-state index in [1.807, 2.05) is 7.05 Å². The molecule has 0 saturated carbocycles. The zero-order valence-corrected chi connectivity index (χ0v) is 8.99. The predicted octanol–water partition coefficient (Wildman–Crippen LogP) is 0.769. The smallest absolute Gasteiger partial charge is 0.168 e. The number of rotatable bonds is 2. The highest BCUT2D eigenvalue weighted by molar-refractivity contribution is 7.80. The summed E-state index contributed by atoms with van der Waals surface area (Å²) in [5.74, 6) is 0. The molecule has 0 radical (unpaired) electrons. The first-order valence-corrected chi connectivity index (χ1v) is 4.82. The van der Waals surface area contributed by atoms with Crippen molar-refractivity contribution in [1.29, 1.82) is 0 Å². The van der Waals surface area contributed by atoms with Crippen LogP contribution < -0.4 is 5.32 Å². The van der Waals surface area contributed by atoms with Crippen LogP contribution in [-0.2, 0) is 4.74 Å². The summed E-state index contributed by atoms with van der Waals surface area (Å²) in [6.07, 6.45) is 3.24. The zero-order valence-electron chi connectivity index (χ0n) is 8.17. The van der Waals surface area contributed by atoms with Gasteiger partial charge in [0, 0.05) is 27.2 Å². The Morgan fingerprint density at radius 3 is 3.00 bits per heavy atom. The second-order valence-electron chi connectivity index (χ2n) is 3.05. The van der Waals surface area contributed by atoms with Gasteiger partial charge in [0.2, 0.25) is 0 Å². The highest BCUT2D eigenvalue weighted by atomic mass is 32.1. The number of nitrogens with one attached hydrogen (secondary N) is 1. The van der Waals surface area contributed by atoms with Crippen LogP contribution in [0.5, 0.6) is 0 Å². The minimum atomic E-state index is 0.750. The van der Waals surface area contributed by atoms with Gasteiger partial charge in [-0.3, -0.25) is 0 Å². The molecular formula is C9H16N2OS. The normalized spacial score (nSPS) is 16.8. The monoisotopic (exact) mass is 200 g/mol. The van der Waals surface area contributed by atoms with Crippen LogP contribution in [0.2, 0.25) is 0 Å². The van der Waals surface area contributed by atoms with Crippen molar-refractivity contribution in [2.24, 2.45) is 0 Å². The fourth-order valence-corrected chi connectivity index (χ4v) is 1.54. The molecule has 0 spiro atoms. The van der Waals surface area contributed by atoms with E-state index in [4.69, 9.17) is 17.0 Å². The van der Waals surface area contributed by atoms with Crippen LogP contribution in [0.4, 0.5) is 0 Å². The molecular weight excluding hydrogens is 184 g/mol. The maximum absolute atomic E-state index is 5.13. The van der Waals surface area contributed by atoms with Crippen LogP contribution in [0.25, 0.3) is 0 Å². The summed E-state index contributed by atoms with van der Waals surface area (Å²) in [6, 6.07) is 0. The third-order valence-corrected chi connectivity index (χ3v) is 2.60. The molecule has 0 aromatic carbocycles. The van der Waals surface area contributed by atoms with Gasteiger partial charge in [0.15, 0.2) is 5.11 Å². The first-order chi connectivity index (χ1) is 6.27. The van der Waals surface area contributed by atoms with E-state index in [0.717, 1.165) is 31.2 Å². The Balaban J connectivity index is 2.41. The molecule has 0 bridgehead atoms. The van der Waals surface area contributed by atoms with Crippen molar-refractivity contribution >= 4 is 17.3 Å². The molecule has 0 aliphatic carbocycles. The van der Waals surface area contributed by atoms with Crippen molar-refractivity contribution in [3.8, 4) is 0 Å². The Bertz CT molecular complexity index is 216. The number of methoxy groups -OCH3 is 1. The van der Waals surface area contributed by atoms with Crippen molar-refractivity contribution in [1.82, 2.24) is 10.2 Å². The number of thiocarbonyl (C=S) groups is 1. The summed E-state index contributed by atoms with van der Waals surface area (Å²) in [7, 11) is 3.59. The van der Waals surface area contributed by atoms with Crippen LogP contribution in [0.1, 0.15) is 6.42 Å². The summed E-state index contributed by atoms with van der Waals surface area (Å²) < 4.78 is 5.07.